The molecule has 1 atom stereocenters. The molecule has 2 aromatic carbocycles. The minimum atomic E-state index is -1.21. The van der Waals surface area contributed by atoms with Gasteiger partial charge in [-0.25, -0.2) is 0 Å². The fourth-order valence-electron chi connectivity index (χ4n) is 2.86. The molecular weight excluding hydrogens is 332 g/mol. The van der Waals surface area contributed by atoms with Crippen molar-refractivity contribution < 1.29 is 23.9 Å². The van der Waals surface area contributed by atoms with E-state index in [4.69, 9.17) is 9.47 Å². The number of ether oxygens (including phenoxy) is 2. The molecule has 0 fully saturated rings. The van der Waals surface area contributed by atoms with Crippen molar-refractivity contribution in [1.29, 1.82) is 0 Å². The molecule has 0 heterocycles. The van der Waals surface area contributed by atoms with Crippen LogP contribution >= 0.6 is 0 Å². The third-order valence-electron chi connectivity index (χ3n) is 4.32. The Kier molecular flexibility index (Phi) is 6.67. The van der Waals surface area contributed by atoms with Crippen molar-refractivity contribution in [2.75, 3.05) is 14.2 Å². The average molecular weight is 354 g/mol. The minimum absolute atomic E-state index is 0.0120. The normalized spacial score (nSPS) is 11.7. The van der Waals surface area contributed by atoms with Gasteiger partial charge >= 0.3 is 11.9 Å². The van der Waals surface area contributed by atoms with E-state index in [2.05, 4.69) is 0 Å². The van der Waals surface area contributed by atoms with Crippen LogP contribution in [0.1, 0.15) is 33.8 Å². The van der Waals surface area contributed by atoms with Gasteiger partial charge in [-0.3, -0.25) is 14.4 Å². The van der Waals surface area contributed by atoms with E-state index in [-0.39, 0.29) is 12.2 Å². The predicted octanol–water partition coefficient (Wildman–Crippen LogP) is 3.31. The highest BCUT2D eigenvalue weighted by Gasteiger charge is 2.39. The van der Waals surface area contributed by atoms with Crippen molar-refractivity contribution in [3.63, 3.8) is 0 Å². The van der Waals surface area contributed by atoms with E-state index in [0.717, 1.165) is 5.56 Å². The average Bonchev–Trinajstić information content (AvgIpc) is 2.68. The van der Waals surface area contributed by atoms with E-state index in [9.17, 15) is 14.4 Å². The zero-order valence-electron chi connectivity index (χ0n) is 15.1. The van der Waals surface area contributed by atoms with Gasteiger partial charge in [0.2, 0.25) is 0 Å². The largest absolute Gasteiger partial charge is 0.468 e. The highest BCUT2D eigenvalue weighted by Crippen LogP contribution is 2.32. The lowest BCUT2D eigenvalue weighted by Crippen LogP contribution is -2.33. The maximum atomic E-state index is 12.7. The smallest absolute Gasteiger partial charge is 0.320 e. The van der Waals surface area contributed by atoms with Gasteiger partial charge in [-0.15, -0.1) is 0 Å². The summed E-state index contributed by atoms with van der Waals surface area (Å²) in [5.74, 6) is -3.48. The van der Waals surface area contributed by atoms with Gasteiger partial charge in [0.15, 0.2) is 11.7 Å². The maximum absolute atomic E-state index is 12.7. The molecule has 0 aliphatic heterocycles. The zero-order chi connectivity index (χ0) is 19.1. The predicted molar refractivity (Wildman–Crippen MR) is 96.8 cm³/mol. The Bertz CT molecular complexity index is 749. The van der Waals surface area contributed by atoms with Gasteiger partial charge < -0.3 is 9.47 Å². The Morgan fingerprint density at radius 3 is 1.88 bits per heavy atom. The van der Waals surface area contributed by atoms with E-state index < -0.39 is 23.8 Å². The standard InChI is InChI=1S/C21H22O5/c1-14-9-11-15(12-10-14)17(19(20(23)25-2)21(24)26-3)13-18(22)16-7-5-4-6-8-16/h4-12,17,19H,13H2,1-3H3/t17-/m1/s1. The molecule has 2 aromatic rings. The first-order chi connectivity index (χ1) is 12.5. The Labute approximate surface area is 152 Å². The summed E-state index contributed by atoms with van der Waals surface area (Å²) >= 11 is 0. The number of hydrogen-bond donors (Lipinski definition) is 0. The Hall–Kier alpha value is -2.95. The van der Waals surface area contributed by atoms with Crippen LogP contribution in [0.5, 0.6) is 0 Å². The van der Waals surface area contributed by atoms with Gasteiger partial charge in [-0.2, -0.15) is 0 Å². The summed E-state index contributed by atoms with van der Waals surface area (Å²) in [5, 5.41) is 0. The number of carbonyl (C=O) groups is 3. The molecule has 2 rings (SSSR count). The molecule has 0 unspecified atom stereocenters. The lowest BCUT2D eigenvalue weighted by molar-refractivity contribution is -0.159. The third-order valence-corrected chi connectivity index (χ3v) is 4.32. The summed E-state index contributed by atoms with van der Waals surface area (Å²) < 4.78 is 9.60. The number of Topliss-reactive ketones (excluding diaryl/α,β-unsaturated/α-hetero) is 1. The number of carbonyl (C=O) groups excluding carboxylic acids is 3. The third kappa shape index (κ3) is 4.57. The first-order valence-corrected chi connectivity index (χ1v) is 8.28. The molecule has 26 heavy (non-hydrogen) atoms. The van der Waals surface area contributed by atoms with Crippen LogP contribution in [0.25, 0.3) is 0 Å². The van der Waals surface area contributed by atoms with E-state index in [0.29, 0.717) is 11.1 Å². The molecule has 0 aliphatic carbocycles. The van der Waals surface area contributed by atoms with Gasteiger partial charge in [-0.1, -0.05) is 60.2 Å². The van der Waals surface area contributed by atoms with Crippen molar-refractivity contribution in [1.82, 2.24) is 0 Å². The Balaban J connectivity index is 2.43. The van der Waals surface area contributed by atoms with Crippen LogP contribution in [-0.4, -0.2) is 31.9 Å². The molecule has 136 valence electrons. The number of methoxy groups -OCH3 is 2. The monoisotopic (exact) mass is 354 g/mol. The van der Waals surface area contributed by atoms with Gasteiger partial charge in [0.25, 0.3) is 0 Å². The first kappa shape index (κ1) is 19.4. The second-order valence-electron chi connectivity index (χ2n) is 6.03. The molecule has 0 aromatic heterocycles. The van der Waals surface area contributed by atoms with Crippen molar-refractivity contribution in [3.8, 4) is 0 Å². The summed E-state index contributed by atoms with van der Waals surface area (Å²) in [6, 6.07) is 16.2. The topological polar surface area (TPSA) is 69.7 Å². The summed E-state index contributed by atoms with van der Waals surface area (Å²) in [6.45, 7) is 1.94. The van der Waals surface area contributed by atoms with E-state index in [1.165, 1.54) is 14.2 Å². The number of rotatable bonds is 7. The summed E-state index contributed by atoms with van der Waals surface area (Å²) in [7, 11) is 2.42. The molecule has 0 amide bonds. The molecule has 5 nitrogen and oxygen atoms in total. The van der Waals surface area contributed by atoms with Gasteiger partial charge in [0, 0.05) is 17.9 Å². The summed E-state index contributed by atoms with van der Waals surface area (Å²) in [6.07, 6.45) is -0.0120. The van der Waals surface area contributed by atoms with Crippen LogP contribution in [-0.2, 0) is 19.1 Å². The molecule has 0 spiro atoms. The number of ketones is 1. The SMILES string of the molecule is COC(=O)C(C(=O)OC)[C@H](CC(=O)c1ccccc1)c1ccc(C)cc1. The molecule has 5 heteroatoms. The highest BCUT2D eigenvalue weighted by atomic mass is 16.5. The number of benzene rings is 2. The van der Waals surface area contributed by atoms with Crippen LogP contribution in [0.3, 0.4) is 0 Å². The number of esters is 2. The first-order valence-electron chi connectivity index (χ1n) is 8.28. The summed E-state index contributed by atoms with van der Waals surface area (Å²) in [5.41, 5.74) is 2.27. The van der Waals surface area contributed by atoms with Gasteiger partial charge in [0.05, 0.1) is 14.2 Å². The van der Waals surface area contributed by atoms with Crippen LogP contribution in [0.4, 0.5) is 0 Å². The Morgan fingerprint density at radius 2 is 1.38 bits per heavy atom. The molecule has 0 saturated heterocycles. The van der Waals surface area contributed by atoms with E-state index >= 15 is 0 Å². The number of aryl methyl sites for hydroxylation is 1. The van der Waals surface area contributed by atoms with E-state index in [1.807, 2.05) is 37.3 Å². The lowest BCUT2D eigenvalue weighted by atomic mass is 9.81. The fourth-order valence-corrected chi connectivity index (χ4v) is 2.86. The molecular formula is C21H22O5. The van der Waals surface area contributed by atoms with Crippen molar-refractivity contribution in [2.45, 2.75) is 19.3 Å². The van der Waals surface area contributed by atoms with Crippen LogP contribution in [0.2, 0.25) is 0 Å². The van der Waals surface area contributed by atoms with Gasteiger partial charge in [-0.05, 0) is 12.5 Å². The van der Waals surface area contributed by atoms with Gasteiger partial charge in [0.1, 0.15) is 0 Å². The highest BCUT2D eigenvalue weighted by molar-refractivity contribution is 6.00. The van der Waals surface area contributed by atoms with Crippen molar-refractivity contribution in [2.24, 2.45) is 5.92 Å². The van der Waals surface area contributed by atoms with Crippen molar-refractivity contribution >= 4 is 17.7 Å². The quantitative estimate of drug-likeness (QED) is 0.433. The second-order valence-corrected chi connectivity index (χ2v) is 6.03. The molecule has 0 aliphatic rings. The Morgan fingerprint density at radius 1 is 0.846 bits per heavy atom. The number of hydrogen-bond acceptors (Lipinski definition) is 5. The van der Waals surface area contributed by atoms with Crippen molar-refractivity contribution in [3.05, 3.63) is 71.3 Å². The van der Waals surface area contributed by atoms with E-state index in [1.54, 1.807) is 24.3 Å². The fraction of sp³-hybridized carbons (Fsp3) is 0.286. The molecule has 0 saturated carbocycles. The van der Waals surface area contributed by atoms with Crippen LogP contribution in [0, 0.1) is 12.8 Å². The summed E-state index contributed by atoms with van der Waals surface area (Å²) in [4.78, 5) is 37.3. The zero-order valence-corrected chi connectivity index (χ0v) is 15.1. The molecule has 0 radical (unpaired) electrons. The molecule has 0 N–H and O–H groups in total. The lowest BCUT2D eigenvalue weighted by Gasteiger charge is -2.23. The van der Waals surface area contributed by atoms with Crippen LogP contribution in [0.15, 0.2) is 54.6 Å². The minimum Gasteiger partial charge on any atom is -0.468 e. The maximum Gasteiger partial charge on any atom is 0.320 e. The molecule has 0 bridgehead atoms. The second kappa shape index (κ2) is 8.94. The van der Waals surface area contributed by atoms with Crippen LogP contribution < -0.4 is 0 Å².